The zero-order valence-electron chi connectivity index (χ0n) is 17.3. The predicted molar refractivity (Wildman–Crippen MR) is 123 cm³/mol. The lowest BCUT2D eigenvalue weighted by molar-refractivity contribution is 0.102. The van der Waals surface area contributed by atoms with Crippen molar-refractivity contribution in [2.45, 2.75) is 30.7 Å². The fraction of sp³-hybridized carbons (Fsp3) is 0.273. The van der Waals surface area contributed by atoms with Gasteiger partial charge in [0.15, 0.2) is 5.13 Å². The van der Waals surface area contributed by atoms with Gasteiger partial charge in [-0.3, -0.25) is 19.7 Å². The van der Waals surface area contributed by atoms with E-state index in [1.807, 2.05) is 5.38 Å². The summed E-state index contributed by atoms with van der Waals surface area (Å²) in [4.78, 5) is 19.4. The maximum absolute atomic E-state index is 13.1. The molecule has 1 fully saturated rings. The van der Waals surface area contributed by atoms with Crippen molar-refractivity contribution in [2.24, 2.45) is 0 Å². The summed E-state index contributed by atoms with van der Waals surface area (Å²) in [5, 5.41) is 5.14. The summed E-state index contributed by atoms with van der Waals surface area (Å²) < 4.78 is 40.8. The van der Waals surface area contributed by atoms with E-state index >= 15 is 0 Å². The normalized spacial score (nSPS) is 14.8. The lowest BCUT2D eigenvalue weighted by Gasteiger charge is -2.25. The van der Waals surface area contributed by atoms with Crippen LogP contribution in [0, 0.1) is 5.82 Å². The number of aromatic nitrogens is 1. The second-order valence-corrected chi connectivity index (χ2v) is 10.1. The standard InChI is InChI=1S/C22H23FN4O3S2/c23-17-7-9-18(10-8-17)26-32(29,30)20-6-4-5-16(13-20)21(28)25-22-24-19(15-31-22)14-27-11-2-1-3-12-27/h4-10,13,15,26H,1-3,11-12,14H2,(H,24,25,28). The number of nitrogens with one attached hydrogen (secondary N) is 2. The van der Waals surface area contributed by atoms with Gasteiger partial charge in [-0.05, 0) is 68.4 Å². The van der Waals surface area contributed by atoms with Gasteiger partial charge >= 0.3 is 0 Å². The summed E-state index contributed by atoms with van der Waals surface area (Å²) >= 11 is 1.34. The lowest BCUT2D eigenvalue weighted by Crippen LogP contribution is -2.29. The fourth-order valence-electron chi connectivity index (χ4n) is 3.49. The Balaban J connectivity index is 1.42. The minimum absolute atomic E-state index is 0.0700. The third-order valence-electron chi connectivity index (χ3n) is 5.11. The van der Waals surface area contributed by atoms with Crippen LogP contribution in [0.3, 0.4) is 0 Å². The van der Waals surface area contributed by atoms with E-state index in [0.717, 1.165) is 37.5 Å². The maximum atomic E-state index is 13.1. The number of nitrogens with zero attached hydrogens (tertiary/aromatic N) is 2. The Morgan fingerprint density at radius 3 is 2.59 bits per heavy atom. The van der Waals surface area contributed by atoms with E-state index in [0.29, 0.717) is 5.13 Å². The van der Waals surface area contributed by atoms with Gasteiger partial charge in [-0.2, -0.15) is 0 Å². The first-order chi connectivity index (χ1) is 15.4. The number of benzene rings is 2. The molecule has 2 N–H and O–H groups in total. The number of amides is 1. The van der Waals surface area contributed by atoms with Gasteiger partial charge in [-0.1, -0.05) is 12.5 Å². The summed E-state index contributed by atoms with van der Waals surface area (Å²) in [6.07, 6.45) is 3.66. The third kappa shape index (κ3) is 5.70. The van der Waals surface area contributed by atoms with Crippen molar-refractivity contribution in [3.8, 4) is 0 Å². The van der Waals surface area contributed by atoms with Crippen LogP contribution in [0.2, 0.25) is 0 Å². The highest BCUT2D eigenvalue weighted by molar-refractivity contribution is 7.92. The number of piperidine rings is 1. The number of thiazole rings is 1. The molecule has 4 rings (SSSR count). The molecule has 168 valence electrons. The summed E-state index contributed by atoms with van der Waals surface area (Å²) in [5.41, 5.74) is 1.33. The molecule has 0 unspecified atom stereocenters. The number of rotatable bonds is 7. The first-order valence-electron chi connectivity index (χ1n) is 10.3. The van der Waals surface area contributed by atoms with E-state index < -0.39 is 21.7 Å². The molecular weight excluding hydrogens is 451 g/mol. The third-order valence-corrected chi connectivity index (χ3v) is 7.29. The van der Waals surface area contributed by atoms with E-state index in [9.17, 15) is 17.6 Å². The maximum Gasteiger partial charge on any atom is 0.261 e. The molecule has 32 heavy (non-hydrogen) atoms. The van der Waals surface area contributed by atoms with E-state index in [-0.39, 0.29) is 16.1 Å². The number of hydrogen-bond acceptors (Lipinski definition) is 6. The van der Waals surface area contributed by atoms with Crippen molar-refractivity contribution in [3.63, 3.8) is 0 Å². The summed E-state index contributed by atoms with van der Waals surface area (Å²) in [7, 11) is -3.94. The predicted octanol–water partition coefficient (Wildman–Crippen LogP) is 4.32. The first kappa shape index (κ1) is 22.4. The minimum atomic E-state index is -3.94. The average Bonchev–Trinajstić information content (AvgIpc) is 3.22. The van der Waals surface area contributed by atoms with Crippen molar-refractivity contribution in [1.82, 2.24) is 9.88 Å². The van der Waals surface area contributed by atoms with Crippen LogP contribution in [0.5, 0.6) is 0 Å². The number of sulfonamides is 1. The number of anilines is 2. The molecule has 10 heteroatoms. The van der Waals surface area contributed by atoms with Crippen molar-refractivity contribution in [2.75, 3.05) is 23.1 Å². The van der Waals surface area contributed by atoms with Crippen LogP contribution in [-0.2, 0) is 16.6 Å². The fourth-order valence-corrected chi connectivity index (χ4v) is 5.29. The molecule has 2 heterocycles. The van der Waals surface area contributed by atoms with Gasteiger partial charge in [0.05, 0.1) is 10.6 Å². The van der Waals surface area contributed by atoms with Gasteiger partial charge < -0.3 is 0 Å². The molecule has 0 radical (unpaired) electrons. The molecular formula is C22H23FN4O3S2. The summed E-state index contributed by atoms with van der Waals surface area (Å²) in [6.45, 7) is 2.88. The molecule has 0 aliphatic carbocycles. The summed E-state index contributed by atoms with van der Waals surface area (Å²) in [6, 6.07) is 10.7. The molecule has 0 atom stereocenters. The lowest BCUT2D eigenvalue weighted by atomic mass is 10.1. The first-order valence-corrected chi connectivity index (χ1v) is 12.6. The van der Waals surface area contributed by atoms with Gasteiger partial charge in [0, 0.05) is 23.2 Å². The molecule has 1 aliphatic heterocycles. The number of hydrogen-bond donors (Lipinski definition) is 2. The largest absolute Gasteiger partial charge is 0.298 e. The Kier molecular flexibility index (Phi) is 6.83. The molecule has 1 aromatic heterocycles. The quantitative estimate of drug-likeness (QED) is 0.532. The van der Waals surface area contributed by atoms with E-state index in [2.05, 4.69) is 19.9 Å². The van der Waals surface area contributed by atoms with Crippen LogP contribution in [0.25, 0.3) is 0 Å². The molecule has 1 amide bonds. The average molecular weight is 475 g/mol. The Hall–Kier alpha value is -2.82. The van der Waals surface area contributed by atoms with Crippen molar-refractivity contribution in [3.05, 3.63) is 71.0 Å². The van der Waals surface area contributed by atoms with E-state index in [4.69, 9.17) is 0 Å². The molecule has 0 saturated carbocycles. The van der Waals surface area contributed by atoms with Gasteiger partial charge in [0.2, 0.25) is 0 Å². The van der Waals surface area contributed by atoms with Crippen molar-refractivity contribution in [1.29, 1.82) is 0 Å². The molecule has 1 aliphatic rings. The van der Waals surface area contributed by atoms with Gasteiger partial charge in [-0.25, -0.2) is 17.8 Å². The van der Waals surface area contributed by atoms with Gasteiger partial charge in [0.1, 0.15) is 5.82 Å². The Bertz CT molecular complexity index is 1190. The summed E-state index contributed by atoms with van der Waals surface area (Å²) in [5.74, 6) is -0.907. The highest BCUT2D eigenvalue weighted by Crippen LogP contribution is 2.21. The van der Waals surface area contributed by atoms with Crippen LogP contribution in [0.4, 0.5) is 15.2 Å². The number of likely N-dealkylation sites (tertiary alicyclic amines) is 1. The van der Waals surface area contributed by atoms with Crippen LogP contribution < -0.4 is 10.0 Å². The minimum Gasteiger partial charge on any atom is -0.298 e. The topological polar surface area (TPSA) is 91.4 Å². The van der Waals surface area contributed by atoms with Crippen LogP contribution in [-0.4, -0.2) is 37.3 Å². The van der Waals surface area contributed by atoms with Crippen molar-refractivity contribution < 1.29 is 17.6 Å². The highest BCUT2D eigenvalue weighted by atomic mass is 32.2. The Morgan fingerprint density at radius 2 is 1.84 bits per heavy atom. The second kappa shape index (κ2) is 9.76. The molecule has 0 bridgehead atoms. The molecule has 1 saturated heterocycles. The van der Waals surface area contributed by atoms with Gasteiger partial charge in [-0.15, -0.1) is 11.3 Å². The number of carbonyl (C=O) groups excluding carboxylic acids is 1. The smallest absolute Gasteiger partial charge is 0.261 e. The Labute approximate surface area is 190 Å². The monoisotopic (exact) mass is 474 g/mol. The highest BCUT2D eigenvalue weighted by Gasteiger charge is 2.18. The second-order valence-electron chi connectivity index (χ2n) is 7.58. The van der Waals surface area contributed by atoms with Gasteiger partial charge in [0.25, 0.3) is 15.9 Å². The van der Waals surface area contributed by atoms with Crippen molar-refractivity contribution >= 4 is 38.1 Å². The van der Waals surface area contributed by atoms with Crippen LogP contribution in [0.1, 0.15) is 35.3 Å². The molecule has 7 nitrogen and oxygen atoms in total. The SMILES string of the molecule is O=C(Nc1nc(CN2CCCCC2)cs1)c1cccc(S(=O)(=O)Nc2ccc(F)cc2)c1. The Morgan fingerprint density at radius 1 is 1.09 bits per heavy atom. The van der Waals surface area contributed by atoms with Crippen LogP contribution >= 0.6 is 11.3 Å². The molecule has 2 aromatic carbocycles. The van der Waals surface area contributed by atoms with Crippen LogP contribution in [0.15, 0.2) is 58.8 Å². The van der Waals surface area contributed by atoms with E-state index in [1.54, 1.807) is 0 Å². The zero-order chi connectivity index (χ0) is 22.6. The van der Waals surface area contributed by atoms with E-state index in [1.165, 1.54) is 67.0 Å². The number of halogens is 1. The zero-order valence-corrected chi connectivity index (χ0v) is 18.9. The number of carbonyl (C=O) groups is 1. The molecule has 0 spiro atoms. The molecule has 3 aromatic rings.